The number of carbonyl (C=O) groups is 1. The molecule has 1 amide bonds. The molecule has 0 atom stereocenters. The molecule has 0 fully saturated rings. The van der Waals surface area contributed by atoms with Crippen molar-refractivity contribution in [2.24, 2.45) is 17.9 Å². The highest BCUT2D eigenvalue weighted by atomic mass is 35.5. The number of hydrogen-bond acceptors (Lipinski definition) is 4. The van der Waals surface area contributed by atoms with Crippen molar-refractivity contribution in [2.75, 3.05) is 5.32 Å². The Morgan fingerprint density at radius 3 is 2.85 bits per heavy atom. The highest BCUT2D eigenvalue weighted by Gasteiger charge is 2.12. The predicted octanol–water partition coefficient (Wildman–Crippen LogP) is 1.42. The lowest BCUT2D eigenvalue weighted by molar-refractivity contribution is 0.102. The minimum atomic E-state index is -0.371. The molecule has 8 heteroatoms. The van der Waals surface area contributed by atoms with E-state index in [0.717, 1.165) is 0 Å². The molecule has 1 heterocycles. The fourth-order valence-corrected chi connectivity index (χ4v) is 1.78. The molecule has 1 aromatic carbocycles. The van der Waals surface area contributed by atoms with Crippen LogP contribution in [0.25, 0.3) is 0 Å². The van der Waals surface area contributed by atoms with E-state index in [1.165, 1.54) is 12.4 Å². The second-order valence-electron chi connectivity index (χ2n) is 4.06. The standard InChI is InChI=1S/C12H12ClN5O2/c1-18-5-10(15-6-18)12(19)16-9-3-2-7(4-8(9)13)11(14)17-20/h2-6,20H,1H3,(H2,14,17)(H,16,19). The molecule has 0 bridgehead atoms. The Labute approximate surface area is 119 Å². The van der Waals surface area contributed by atoms with Gasteiger partial charge in [0.05, 0.1) is 17.0 Å². The summed E-state index contributed by atoms with van der Waals surface area (Å²) in [7, 11) is 1.77. The van der Waals surface area contributed by atoms with Crippen molar-refractivity contribution in [1.82, 2.24) is 9.55 Å². The van der Waals surface area contributed by atoms with E-state index in [1.807, 2.05) is 0 Å². The summed E-state index contributed by atoms with van der Waals surface area (Å²) in [6.07, 6.45) is 3.12. The van der Waals surface area contributed by atoms with Crippen LogP contribution in [0.15, 0.2) is 35.9 Å². The number of nitrogens with zero attached hydrogens (tertiary/aromatic N) is 3. The zero-order valence-electron chi connectivity index (χ0n) is 10.5. The van der Waals surface area contributed by atoms with Gasteiger partial charge in [-0.1, -0.05) is 16.8 Å². The number of rotatable bonds is 3. The molecule has 0 spiro atoms. The summed E-state index contributed by atoms with van der Waals surface area (Å²) < 4.78 is 1.66. The molecule has 1 aromatic heterocycles. The van der Waals surface area contributed by atoms with Gasteiger partial charge in [0.2, 0.25) is 0 Å². The van der Waals surface area contributed by atoms with Gasteiger partial charge >= 0.3 is 0 Å². The minimum Gasteiger partial charge on any atom is -0.409 e. The first kappa shape index (κ1) is 13.9. The predicted molar refractivity (Wildman–Crippen MR) is 75.1 cm³/mol. The van der Waals surface area contributed by atoms with E-state index in [4.69, 9.17) is 22.5 Å². The largest absolute Gasteiger partial charge is 0.409 e. The summed E-state index contributed by atoms with van der Waals surface area (Å²) in [5, 5.41) is 14.4. The van der Waals surface area contributed by atoms with Crippen LogP contribution in [0.3, 0.4) is 0 Å². The molecule has 0 aliphatic carbocycles. The fourth-order valence-electron chi connectivity index (χ4n) is 1.55. The molecular formula is C12H12ClN5O2. The van der Waals surface area contributed by atoms with Gasteiger partial charge in [0.15, 0.2) is 5.84 Å². The summed E-state index contributed by atoms with van der Waals surface area (Å²) in [4.78, 5) is 15.9. The van der Waals surface area contributed by atoms with Crippen LogP contribution in [0.4, 0.5) is 5.69 Å². The van der Waals surface area contributed by atoms with Gasteiger partial charge in [0, 0.05) is 18.8 Å². The first-order valence-electron chi connectivity index (χ1n) is 5.58. The number of imidazole rings is 1. The third-order valence-electron chi connectivity index (χ3n) is 2.56. The summed E-state index contributed by atoms with van der Waals surface area (Å²) in [6, 6.07) is 4.64. The van der Waals surface area contributed by atoms with Gasteiger partial charge in [-0.3, -0.25) is 4.79 Å². The molecule has 0 aliphatic heterocycles. The maximum Gasteiger partial charge on any atom is 0.275 e. The Balaban J connectivity index is 2.20. The number of carbonyl (C=O) groups excluding carboxylic acids is 1. The quantitative estimate of drug-likeness (QED) is 0.344. The second kappa shape index (κ2) is 5.62. The number of aromatic nitrogens is 2. The lowest BCUT2D eigenvalue weighted by atomic mass is 10.2. The SMILES string of the molecule is Cn1cnc(C(=O)Nc2ccc(/C(N)=N/O)cc2Cl)c1. The van der Waals surface area contributed by atoms with E-state index in [2.05, 4.69) is 15.5 Å². The second-order valence-corrected chi connectivity index (χ2v) is 4.47. The number of amidine groups is 1. The van der Waals surface area contributed by atoms with Crippen LogP contribution in [0.1, 0.15) is 16.1 Å². The molecule has 0 saturated heterocycles. The smallest absolute Gasteiger partial charge is 0.275 e. The minimum absolute atomic E-state index is 0.0606. The average Bonchev–Trinajstić information content (AvgIpc) is 2.86. The highest BCUT2D eigenvalue weighted by molar-refractivity contribution is 6.34. The van der Waals surface area contributed by atoms with Gasteiger partial charge in [-0.15, -0.1) is 0 Å². The number of nitrogens with two attached hydrogens (primary N) is 1. The molecule has 0 aliphatic rings. The van der Waals surface area contributed by atoms with Crippen molar-refractivity contribution in [1.29, 1.82) is 0 Å². The summed E-state index contributed by atoms with van der Waals surface area (Å²) in [5.74, 6) is -0.432. The van der Waals surface area contributed by atoms with Crippen LogP contribution in [-0.4, -0.2) is 26.5 Å². The Morgan fingerprint density at radius 2 is 2.30 bits per heavy atom. The van der Waals surface area contributed by atoms with E-state index < -0.39 is 0 Å². The third-order valence-corrected chi connectivity index (χ3v) is 2.87. The molecule has 0 saturated carbocycles. The van der Waals surface area contributed by atoms with Gasteiger partial charge in [0.25, 0.3) is 5.91 Å². The first-order valence-corrected chi connectivity index (χ1v) is 5.96. The summed E-state index contributed by atoms with van der Waals surface area (Å²) in [5.41, 5.74) is 6.60. The zero-order chi connectivity index (χ0) is 14.7. The molecule has 0 radical (unpaired) electrons. The number of hydrogen-bond donors (Lipinski definition) is 3. The van der Waals surface area contributed by atoms with E-state index in [1.54, 1.807) is 29.9 Å². The van der Waals surface area contributed by atoms with Crippen LogP contribution < -0.4 is 11.1 Å². The van der Waals surface area contributed by atoms with E-state index in [0.29, 0.717) is 11.3 Å². The van der Waals surface area contributed by atoms with Crippen molar-refractivity contribution < 1.29 is 10.0 Å². The van der Waals surface area contributed by atoms with Crippen molar-refractivity contribution in [3.63, 3.8) is 0 Å². The molecule has 4 N–H and O–H groups in total. The molecule has 2 rings (SSSR count). The maximum absolute atomic E-state index is 11.9. The lowest BCUT2D eigenvalue weighted by Gasteiger charge is -2.07. The summed E-state index contributed by atoms with van der Waals surface area (Å²) >= 11 is 6.03. The molecule has 20 heavy (non-hydrogen) atoms. The Morgan fingerprint density at radius 1 is 1.55 bits per heavy atom. The number of benzene rings is 1. The number of aryl methyl sites for hydroxylation is 1. The van der Waals surface area contributed by atoms with E-state index in [9.17, 15) is 4.79 Å². The number of nitrogens with one attached hydrogen (secondary N) is 1. The molecule has 7 nitrogen and oxygen atoms in total. The maximum atomic E-state index is 11.9. The van der Waals surface area contributed by atoms with Crippen LogP contribution >= 0.6 is 11.6 Å². The molecule has 2 aromatic rings. The Bertz CT molecular complexity index is 680. The van der Waals surface area contributed by atoms with Crippen LogP contribution in [0.5, 0.6) is 0 Å². The molecular weight excluding hydrogens is 282 g/mol. The normalized spacial score (nSPS) is 11.4. The number of amides is 1. The van der Waals surface area contributed by atoms with Crippen molar-refractivity contribution in [2.45, 2.75) is 0 Å². The molecule has 104 valence electrons. The Hall–Kier alpha value is -2.54. The van der Waals surface area contributed by atoms with Crippen LogP contribution in [0, 0.1) is 0 Å². The van der Waals surface area contributed by atoms with Gasteiger partial charge in [-0.25, -0.2) is 4.98 Å². The van der Waals surface area contributed by atoms with E-state index in [-0.39, 0.29) is 22.5 Å². The topological polar surface area (TPSA) is 106 Å². The van der Waals surface area contributed by atoms with Gasteiger partial charge in [-0.05, 0) is 18.2 Å². The van der Waals surface area contributed by atoms with Crippen molar-refractivity contribution in [3.05, 3.63) is 47.0 Å². The monoisotopic (exact) mass is 293 g/mol. The fraction of sp³-hybridized carbons (Fsp3) is 0.0833. The highest BCUT2D eigenvalue weighted by Crippen LogP contribution is 2.23. The molecule has 0 unspecified atom stereocenters. The first-order chi connectivity index (χ1) is 9.51. The Kier molecular flexibility index (Phi) is 3.90. The number of anilines is 1. The average molecular weight is 294 g/mol. The van der Waals surface area contributed by atoms with Gasteiger partial charge in [-0.2, -0.15) is 0 Å². The number of oxime groups is 1. The zero-order valence-corrected chi connectivity index (χ0v) is 11.3. The third kappa shape index (κ3) is 2.89. The van der Waals surface area contributed by atoms with Crippen LogP contribution in [-0.2, 0) is 7.05 Å². The van der Waals surface area contributed by atoms with Crippen LogP contribution in [0.2, 0.25) is 5.02 Å². The lowest BCUT2D eigenvalue weighted by Crippen LogP contribution is -2.15. The summed E-state index contributed by atoms with van der Waals surface area (Å²) in [6.45, 7) is 0. The van der Waals surface area contributed by atoms with Crippen molar-refractivity contribution in [3.8, 4) is 0 Å². The van der Waals surface area contributed by atoms with Gasteiger partial charge < -0.3 is 20.8 Å². The van der Waals surface area contributed by atoms with Crippen molar-refractivity contribution >= 4 is 29.0 Å². The van der Waals surface area contributed by atoms with Gasteiger partial charge in [0.1, 0.15) is 5.69 Å². The number of halogens is 1. The van der Waals surface area contributed by atoms with E-state index >= 15 is 0 Å².